The molecule has 7 heavy (non-hydrogen) atoms. The quantitative estimate of drug-likeness (QED) is 0.401. The van der Waals surface area contributed by atoms with Gasteiger partial charge in [-0.2, -0.15) is 11.1 Å². The van der Waals surface area contributed by atoms with Crippen LogP contribution in [0.1, 0.15) is 13.8 Å². The summed E-state index contributed by atoms with van der Waals surface area (Å²) in [4.78, 5) is 0. The molecule has 0 aliphatic heterocycles. The van der Waals surface area contributed by atoms with E-state index in [1.165, 1.54) is 0 Å². The minimum absolute atomic E-state index is 0.588. The smallest absolute Gasteiger partial charge is 0.163 e. The summed E-state index contributed by atoms with van der Waals surface area (Å²) >= 11 is 5.78. The van der Waals surface area contributed by atoms with Crippen LogP contribution in [0, 0.1) is 0 Å². The fourth-order valence-corrected chi connectivity index (χ4v) is 1.27. The fourth-order valence-electron chi connectivity index (χ4n) is 0.299. The zero-order valence-electron chi connectivity index (χ0n) is 4.74. The molecule has 0 amide bonds. The zero-order chi connectivity index (χ0) is 5.70. The fraction of sp³-hybridized carbons (Fsp3) is 0.600. The van der Waals surface area contributed by atoms with E-state index in [2.05, 4.69) is 12.6 Å². The first-order chi connectivity index (χ1) is 3.31. The van der Waals surface area contributed by atoms with Crippen molar-refractivity contribution in [2.45, 2.75) is 19.9 Å². The van der Waals surface area contributed by atoms with Gasteiger partial charge in [-0.05, 0) is 13.0 Å². The van der Waals surface area contributed by atoms with Gasteiger partial charge >= 0.3 is 0 Å². The second-order valence-corrected chi connectivity index (χ2v) is 4.69. The number of hydrogen-bond acceptors (Lipinski definition) is 0. The molecule has 0 atom stereocenters. The van der Waals surface area contributed by atoms with Gasteiger partial charge < -0.3 is 0 Å². The predicted molar refractivity (Wildman–Crippen MR) is 36.9 cm³/mol. The molecule has 1 radical (unpaired) electrons. The Kier molecular flexibility index (Phi) is 4.56. The minimum Gasteiger partial charge on any atom is -0.163 e. The molecular formula is C5H10ClSi. The van der Waals surface area contributed by atoms with Crippen LogP contribution in [0.3, 0.4) is 0 Å². The molecule has 0 nitrogen and oxygen atoms in total. The summed E-state index contributed by atoms with van der Waals surface area (Å²) in [7, 11) is -0.588. The second kappa shape index (κ2) is 4.41. The van der Waals surface area contributed by atoms with Crippen LogP contribution in [0.15, 0.2) is 11.8 Å². The molecule has 0 saturated heterocycles. The third-order valence-electron chi connectivity index (χ3n) is 0.685. The normalized spacial score (nSPS) is 11.4. The van der Waals surface area contributed by atoms with Crippen molar-refractivity contribution in [3.8, 4) is 0 Å². The highest BCUT2D eigenvalue weighted by atomic mass is 35.6. The molecule has 0 heterocycles. The summed E-state index contributed by atoms with van der Waals surface area (Å²) in [6.07, 6.45) is 2.02. The van der Waals surface area contributed by atoms with Gasteiger partial charge in [-0.1, -0.05) is 18.7 Å². The lowest BCUT2D eigenvalue weighted by Gasteiger charge is -1.88. The van der Waals surface area contributed by atoms with Crippen LogP contribution < -0.4 is 0 Å². The molecule has 0 rings (SSSR count). The molecule has 0 fully saturated rings. The van der Waals surface area contributed by atoms with Crippen molar-refractivity contribution >= 4 is 19.2 Å². The molecule has 0 N–H and O–H groups in total. The molecule has 41 valence electrons. The third-order valence-corrected chi connectivity index (χ3v) is 3.24. The van der Waals surface area contributed by atoms with E-state index >= 15 is 0 Å². The Morgan fingerprint density at radius 2 is 2.29 bits per heavy atom. The van der Waals surface area contributed by atoms with E-state index in [1.54, 1.807) is 0 Å². The highest BCUT2D eigenvalue weighted by Crippen LogP contribution is 1.96. The molecule has 0 bridgehead atoms. The monoisotopic (exact) mass is 133 g/mol. The lowest BCUT2D eigenvalue weighted by molar-refractivity contribution is 1.45. The van der Waals surface area contributed by atoms with Crippen molar-refractivity contribution in [2.24, 2.45) is 0 Å². The Balaban J connectivity index is 3.16. The molecular weight excluding hydrogens is 124 g/mol. The number of rotatable bonds is 2. The Bertz CT molecular complexity index is 61.1. The maximum absolute atomic E-state index is 5.78. The van der Waals surface area contributed by atoms with Crippen LogP contribution in [0.5, 0.6) is 0 Å². The summed E-state index contributed by atoms with van der Waals surface area (Å²) in [5.41, 5.74) is 2.09. The maximum atomic E-state index is 5.78. The maximum Gasteiger partial charge on any atom is 0.191 e. The van der Waals surface area contributed by atoms with Crippen molar-refractivity contribution in [2.75, 3.05) is 0 Å². The van der Waals surface area contributed by atoms with Gasteiger partial charge in [0.2, 0.25) is 0 Å². The van der Waals surface area contributed by atoms with Gasteiger partial charge in [0, 0.05) is 0 Å². The van der Waals surface area contributed by atoms with Crippen molar-refractivity contribution in [3.63, 3.8) is 0 Å². The standard InChI is InChI=1S/C5H10ClSi/c1-3-5-7(6)4-2/h3,5H,4H2,1-2H3/b5-3+. The minimum atomic E-state index is -0.588. The summed E-state index contributed by atoms with van der Waals surface area (Å²) < 4.78 is 0. The van der Waals surface area contributed by atoms with E-state index < -0.39 is 8.11 Å². The topological polar surface area (TPSA) is 0 Å². The van der Waals surface area contributed by atoms with E-state index in [1.807, 2.05) is 13.0 Å². The first kappa shape index (κ1) is 7.25. The van der Waals surface area contributed by atoms with E-state index in [4.69, 9.17) is 11.1 Å². The highest BCUT2D eigenvalue weighted by Gasteiger charge is 1.94. The molecule has 0 saturated carbocycles. The van der Waals surface area contributed by atoms with Gasteiger partial charge in [-0.3, -0.25) is 0 Å². The Hall–Kier alpha value is 0.247. The summed E-state index contributed by atoms with van der Waals surface area (Å²) in [6.45, 7) is 4.12. The highest BCUT2D eigenvalue weighted by molar-refractivity contribution is 7.09. The predicted octanol–water partition coefficient (Wildman–Crippen LogP) is 2.35. The third kappa shape index (κ3) is 4.09. The van der Waals surface area contributed by atoms with Gasteiger partial charge in [-0.15, -0.1) is 0 Å². The van der Waals surface area contributed by atoms with Crippen LogP contribution in [-0.2, 0) is 0 Å². The van der Waals surface area contributed by atoms with E-state index in [0.29, 0.717) is 0 Å². The van der Waals surface area contributed by atoms with Crippen molar-refractivity contribution in [3.05, 3.63) is 11.8 Å². The number of allylic oxidation sites excluding steroid dienone is 1. The van der Waals surface area contributed by atoms with E-state index in [0.717, 1.165) is 6.04 Å². The Morgan fingerprint density at radius 3 is 2.43 bits per heavy atom. The molecule has 0 unspecified atom stereocenters. The largest absolute Gasteiger partial charge is 0.191 e. The number of halogens is 1. The molecule has 0 aliphatic rings. The Labute approximate surface area is 51.5 Å². The summed E-state index contributed by atoms with van der Waals surface area (Å²) in [6, 6.07) is 1.12. The first-order valence-electron chi connectivity index (χ1n) is 2.45. The van der Waals surface area contributed by atoms with Crippen LogP contribution in [-0.4, -0.2) is 8.11 Å². The van der Waals surface area contributed by atoms with Crippen molar-refractivity contribution in [1.82, 2.24) is 0 Å². The Morgan fingerprint density at radius 1 is 1.71 bits per heavy atom. The van der Waals surface area contributed by atoms with Gasteiger partial charge in [0.15, 0.2) is 8.11 Å². The number of hydrogen-bond donors (Lipinski definition) is 0. The molecule has 2 heteroatoms. The van der Waals surface area contributed by atoms with Crippen LogP contribution in [0.4, 0.5) is 0 Å². The molecule has 0 spiro atoms. The van der Waals surface area contributed by atoms with Crippen molar-refractivity contribution < 1.29 is 0 Å². The zero-order valence-corrected chi connectivity index (χ0v) is 6.50. The molecule has 0 aromatic heterocycles. The van der Waals surface area contributed by atoms with E-state index in [9.17, 15) is 0 Å². The second-order valence-electron chi connectivity index (χ2n) is 1.30. The van der Waals surface area contributed by atoms with E-state index in [-0.39, 0.29) is 0 Å². The van der Waals surface area contributed by atoms with Gasteiger partial charge in [0.1, 0.15) is 0 Å². The SMILES string of the molecule is C/C=C/[Si](Cl)CC. The average Bonchev–Trinajstić information content (AvgIpc) is 1.68. The average molecular weight is 134 g/mol. The summed E-state index contributed by atoms with van der Waals surface area (Å²) in [5, 5.41) is 0. The summed E-state index contributed by atoms with van der Waals surface area (Å²) in [5.74, 6) is 0. The van der Waals surface area contributed by atoms with Gasteiger partial charge in [0.05, 0.1) is 0 Å². The van der Waals surface area contributed by atoms with Gasteiger partial charge in [-0.25, -0.2) is 0 Å². The molecule has 0 aromatic rings. The molecule has 0 aliphatic carbocycles. The van der Waals surface area contributed by atoms with Crippen LogP contribution in [0.2, 0.25) is 6.04 Å². The van der Waals surface area contributed by atoms with Crippen LogP contribution in [0.25, 0.3) is 0 Å². The lowest BCUT2D eigenvalue weighted by Crippen LogP contribution is -1.93. The van der Waals surface area contributed by atoms with Gasteiger partial charge in [0.25, 0.3) is 0 Å². The van der Waals surface area contributed by atoms with Crippen LogP contribution >= 0.6 is 11.1 Å². The lowest BCUT2D eigenvalue weighted by atomic mass is 10.8. The first-order valence-corrected chi connectivity index (χ1v) is 5.25. The van der Waals surface area contributed by atoms with Crippen molar-refractivity contribution in [1.29, 1.82) is 0 Å². The molecule has 0 aromatic carbocycles.